The Kier molecular flexibility index (Phi) is 5.13. The van der Waals surface area contributed by atoms with Gasteiger partial charge < -0.3 is 4.74 Å². The molecule has 0 saturated heterocycles. The first-order chi connectivity index (χ1) is 12.1. The summed E-state index contributed by atoms with van der Waals surface area (Å²) in [7, 11) is 4.13. The number of rotatable bonds is 5. The zero-order valence-corrected chi connectivity index (χ0v) is 15.4. The molecule has 3 rings (SSSR count). The molecule has 0 N–H and O–H groups in total. The third-order valence-corrected chi connectivity index (χ3v) is 4.38. The van der Waals surface area contributed by atoms with Gasteiger partial charge in [0.15, 0.2) is 0 Å². The molecule has 1 atom stereocenters. The van der Waals surface area contributed by atoms with E-state index < -0.39 is 0 Å². The molecule has 0 aliphatic heterocycles. The van der Waals surface area contributed by atoms with Gasteiger partial charge in [0.25, 0.3) is 0 Å². The maximum Gasteiger partial charge on any atom is 0.220 e. The molecule has 3 nitrogen and oxygen atoms in total. The molecular weight excluding hydrogens is 308 g/mol. The van der Waals surface area contributed by atoms with Crippen LogP contribution >= 0.6 is 0 Å². The van der Waals surface area contributed by atoms with Crippen LogP contribution in [0.2, 0.25) is 0 Å². The van der Waals surface area contributed by atoms with Crippen LogP contribution in [-0.4, -0.2) is 35.5 Å². The quantitative estimate of drug-likeness (QED) is 0.506. The fourth-order valence-corrected chi connectivity index (χ4v) is 2.99. The molecule has 0 spiro atoms. The Balaban J connectivity index is 2.21. The summed E-state index contributed by atoms with van der Waals surface area (Å²) in [6.45, 7) is 4.24. The molecule has 25 heavy (non-hydrogen) atoms. The zero-order valence-electron chi connectivity index (χ0n) is 15.4. The van der Waals surface area contributed by atoms with Crippen LogP contribution in [0.15, 0.2) is 60.8 Å². The number of hydrogen-bond donors (Lipinski definition) is 0. The van der Waals surface area contributed by atoms with Gasteiger partial charge in [-0.05, 0) is 37.6 Å². The molecule has 3 aromatic rings. The third kappa shape index (κ3) is 3.55. The molecular formula is C22H25N2O+. The maximum absolute atomic E-state index is 6.19. The van der Waals surface area contributed by atoms with Gasteiger partial charge in [0.1, 0.15) is 19.8 Å². The van der Waals surface area contributed by atoms with E-state index >= 15 is 0 Å². The van der Waals surface area contributed by atoms with Crippen molar-refractivity contribution in [3.63, 3.8) is 0 Å². The van der Waals surface area contributed by atoms with Gasteiger partial charge in [-0.15, -0.1) is 0 Å². The van der Waals surface area contributed by atoms with E-state index in [9.17, 15) is 0 Å². The van der Waals surface area contributed by atoms with Crippen molar-refractivity contribution in [1.29, 1.82) is 0 Å². The first kappa shape index (κ1) is 17.2. The highest BCUT2D eigenvalue weighted by molar-refractivity contribution is 6.17. The Hall–Kier alpha value is -2.68. The predicted molar refractivity (Wildman–Crippen MR) is 104 cm³/mol. The number of hydrogen-bond acceptors (Lipinski definition) is 2. The lowest BCUT2D eigenvalue weighted by Gasteiger charge is -2.16. The van der Waals surface area contributed by atoms with E-state index in [4.69, 9.17) is 4.74 Å². The molecule has 2 aromatic carbocycles. The number of pyridine rings is 1. The molecule has 0 radical (unpaired) electrons. The van der Waals surface area contributed by atoms with Crippen molar-refractivity contribution in [1.82, 2.24) is 4.98 Å². The summed E-state index contributed by atoms with van der Waals surface area (Å²) < 4.78 is 8.33. The molecule has 1 heterocycles. The van der Waals surface area contributed by atoms with Crippen molar-refractivity contribution in [2.75, 3.05) is 14.1 Å². The molecule has 0 amide bonds. The van der Waals surface area contributed by atoms with Gasteiger partial charge in [-0.3, -0.25) is 4.98 Å². The van der Waals surface area contributed by atoms with E-state index in [-0.39, 0.29) is 6.10 Å². The second-order valence-corrected chi connectivity index (χ2v) is 6.46. The van der Waals surface area contributed by atoms with Gasteiger partial charge in [0.05, 0.1) is 22.7 Å². The summed E-state index contributed by atoms with van der Waals surface area (Å²) in [6, 6.07) is 18.6. The van der Waals surface area contributed by atoms with Crippen LogP contribution < -0.4 is 4.74 Å². The summed E-state index contributed by atoms with van der Waals surface area (Å²) in [5.74, 6) is 0.911. The Bertz CT molecular complexity index is 905. The number of nitrogens with zero attached hydrogens (tertiary/aromatic N) is 2. The van der Waals surface area contributed by atoms with Crippen LogP contribution in [0.3, 0.4) is 0 Å². The number of ether oxygens (including phenoxy) is 1. The Morgan fingerprint density at radius 2 is 1.72 bits per heavy atom. The topological polar surface area (TPSA) is 25.1 Å². The summed E-state index contributed by atoms with van der Waals surface area (Å²) in [4.78, 5) is 4.63. The monoisotopic (exact) mass is 333 g/mol. The summed E-state index contributed by atoms with van der Waals surface area (Å²) in [6.07, 6.45) is 3.00. The van der Waals surface area contributed by atoms with Crippen molar-refractivity contribution >= 4 is 16.6 Å². The molecule has 128 valence electrons. The predicted octanol–water partition coefficient (Wildman–Crippen LogP) is 4.52. The molecule has 0 aliphatic rings. The average molecular weight is 333 g/mol. The van der Waals surface area contributed by atoms with Crippen LogP contribution in [0, 0.1) is 0 Å². The fourth-order valence-electron chi connectivity index (χ4n) is 2.99. The van der Waals surface area contributed by atoms with Gasteiger partial charge in [0, 0.05) is 11.6 Å². The fraction of sp³-hybridized carbons (Fsp3) is 0.273. The third-order valence-electron chi connectivity index (χ3n) is 4.38. The normalized spacial score (nSPS) is 12.0. The zero-order chi connectivity index (χ0) is 17.8. The van der Waals surface area contributed by atoms with E-state index in [1.807, 2.05) is 24.4 Å². The van der Waals surface area contributed by atoms with Gasteiger partial charge in [-0.1, -0.05) is 37.3 Å². The average Bonchev–Trinajstić information content (AvgIpc) is 2.63. The van der Waals surface area contributed by atoms with E-state index in [1.54, 1.807) is 0 Å². The minimum absolute atomic E-state index is 0.176. The number of fused-ring (bicyclic) bond motifs is 1. The molecule has 0 aliphatic carbocycles. The van der Waals surface area contributed by atoms with Crippen molar-refractivity contribution in [2.24, 2.45) is 0 Å². The molecule has 0 unspecified atom stereocenters. The Morgan fingerprint density at radius 3 is 2.48 bits per heavy atom. The van der Waals surface area contributed by atoms with Crippen molar-refractivity contribution < 1.29 is 9.31 Å². The van der Waals surface area contributed by atoms with Crippen LogP contribution in [0.25, 0.3) is 10.9 Å². The summed E-state index contributed by atoms with van der Waals surface area (Å²) in [5, 5.41) is 1.14. The second-order valence-electron chi connectivity index (χ2n) is 6.46. The Morgan fingerprint density at radius 1 is 1.00 bits per heavy atom. The first-order valence-electron chi connectivity index (χ1n) is 8.76. The van der Waals surface area contributed by atoms with Crippen molar-refractivity contribution in [3.05, 3.63) is 71.9 Å². The maximum atomic E-state index is 6.19. The van der Waals surface area contributed by atoms with Crippen molar-refractivity contribution in [3.8, 4) is 5.75 Å². The highest BCUT2D eigenvalue weighted by Gasteiger charge is 2.22. The van der Waals surface area contributed by atoms with Crippen LogP contribution in [0.5, 0.6) is 5.75 Å². The van der Waals surface area contributed by atoms with Gasteiger partial charge in [-0.2, -0.15) is 0 Å². The van der Waals surface area contributed by atoms with E-state index in [2.05, 4.69) is 73.9 Å². The molecule has 0 saturated carbocycles. The smallest absolute Gasteiger partial charge is 0.220 e. The van der Waals surface area contributed by atoms with Gasteiger partial charge >= 0.3 is 0 Å². The van der Waals surface area contributed by atoms with Crippen LogP contribution in [0.4, 0.5) is 0 Å². The van der Waals surface area contributed by atoms with Gasteiger partial charge in [-0.25, -0.2) is 4.58 Å². The van der Waals surface area contributed by atoms with E-state index in [0.717, 1.165) is 39.9 Å². The standard InChI is InChI=1S/C22H25N2O/c1-5-16(2)25-20-14-7-6-12-18(20)22(24(3)4)19-13-8-10-17-11-9-15-23-21(17)19/h6-16H,5H2,1-4H3/q+1/t16-/m1/s1. The van der Waals surface area contributed by atoms with Crippen molar-refractivity contribution in [2.45, 2.75) is 26.4 Å². The molecule has 3 heteroatoms. The number of aromatic nitrogens is 1. The van der Waals surface area contributed by atoms with Gasteiger partial charge in [0.2, 0.25) is 5.71 Å². The lowest BCUT2D eigenvalue weighted by Crippen LogP contribution is -2.20. The van der Waals surface area contributed by atoms with Crippen LogP contribution in [-0.2, 0) is 0 Å². The second kappa shape index (κ2) is 7.47. The largest absolute Gasteiger partial charge is 0.490 e. The lowest BCUT2D eigenvalue weighted by atomic mass is 9.98. The van der Waals surface area contributed by atoms with Crippen LogP contribution in [0.1, 0.15) is 31.4 Å². The SMILES string of the molecule is CC[C@@H](C)Oc1ccccc1C(c1cccc2cccnc12)=[N+](C)C. The molecule has 0 bridgehead atoms. The minimum Gasteiger partial charge on any atom is -0.490 e. The van der Waals surface area contributed by atoms with E-state index in [0.29, 0.717) is 0 Å². The van der Waals surface area contributed by atoms with E-state index in [1.165, 1.54) is 0 Å². The highest BCUT2D eigenvalue weighted by atomic mass is 16.5. The Labute approximate surface area is 149 Å². The summed E-state index contributed by atoms with van der Waals surface area (Å²) in [5.41, 5.74) is 4.32. The first-order valence-corrected chi connectivity index (χ1v) is 8.76. The number of benzene rings is 2. The lowest BCUT2D eigenvalue weighted by molar-refractivity contribution is -0.463. The molecule has 1 aromatic heterocycles. The molecule has 0 fully saturated rings. The minimum atomic E-state index is 0.176. The highest BCUT2D eigenvalue weighted by Crippen LogP contribution is 2.26. The summed E-state index contributed by atoms with van der Waals surface area (Å²) >= 11 is 0. The number of para-hydroxylation sites is 2.